The van der Waals surface area contributed by atoms with Gasteiger partial charge in [-0.3, -0.25) is 9.59 Å². The second-order valence-electron chi connectivity index (χ2n) is 8.28. The molecule has 2 amide bonds. The first-order chi connectivity index (χ1) is 17.1. The van der Waals surface area contributed by atoms with Gasteiger partial charge in [-0.25, -0.2) is 0 Å². The number of carbonyl (C=O) groups excluding carboxylic acids is 2. The molecule has 1 spiro atoms. The first kappa shape index (κ1) is 17.5. The van der Waals surface area contributed by atoms with E-state index in [1.54, 1.807) is 31.4 Å². The van der Waals surface area contributed by atoms with Gasteiger partial charge < -0.3 is 20.7 Å². The molecule has 0 bridgehead atoms. The molecule has 2 aliphatic rings. The lowest BCUT2D eigenvalue weighted by Gasteiger charge is -2.16. The van der Waals surface area contributed by atoms with Gasteiger partial charge in [-0.1, -0.05) is 6.07 Å². The van der Waals surface area contributed by atoms with Gasteiger partial charge in [-0.05, 0) is 36.8 Å². The minimum atomic E-state index is -2.73. The molecule has 2 aliphatic carbocycles. The number of rotatable bonds is 7. The number of amides is 2. The second kappa shape index (κ2) is 7.84. The number of para-hydroxylation sites is 1. The van der Waals surface area contributed by atoms with Gasteiger partial charge in [0.15, 0.2) is 17.3 Å². The zero-order valence-electron chi connectivity index (χ0n) is 21.0. The number of hydrogen-bond donors (Lipinski definition) is 3. The summed E-state index contributed by atoms with van der Waals surface area (Å²) in [5, 5.41) is 24.0. The molecule has 33 heavy (non-hydrogen) atoms. The molecule has 0 aliphatic heterocycles. The van der Waals surface area contributed by atoms with Crippen LogP contribution in [-0.4, -0.2) is 51.1 Å². The SMILES string of the molecule is [2H]C([2H])([2H])NC(=O)c1nnc(NC(=O)[C@@H]2CC23CC3)cc1Nc1cccc(-c2cnn(C)n2)c1OC. The molecule has 2 saturated carbocycles. The Morgan fingerprint density at radius 1 is 1.27 bits per heavy atom. The molecule has 11 nitrogen and oxygen atoms in total. The van der Waals surface area contributed by atoms with Crippen molar-refractivity contribution < 1.29 is 18.4 Å². The molecule has 2 fully saturated rings. The Morgan fingerprint density at radius 3 is 2.79 bits per heavy atom. The van der Waals surface area contributed by atoms with Gasteiger partial charge in [0.1, 0.15) is 5.69 Å². The highest BCUT2D eigenvalue weighted by atomic mass is 16.5. The molecule has 170 valence electrons. The van der Waals surface area contributed by atoms with E-state index in [-0.39, 0.29) is 34.4 Å². The van der Waals surface area contributed by atoms with E-state index in [9.17, 15) is 9.59 Å². The molecule has 0 radical (unpaired) electrons. The van der Waals surface area contributed by atoms with E-state index < -0.39 is 12.9 Å². The van der Waals surface area contributed by atoms with E-state index in [1.807, 2.05) is 5.32 Å². The summed E-state index contributed by atoms with van der Waals surface area (Å²) in [6.45, 7) is -2.73. The summed E-state index contributed by atoms with van der Waals surface area (Å²) in [7, 11) is 3.18. The molecule has 5 rings (SSSR count). The van der Waals surface area contributed by atoms with E-state index in [4.69, 9.17) is 8.85 Å². The maximum absolute atomic E-state index is 12.7. The van der Waals surface area contributed by atoms with Crippen LogP contribution in [0.5, 0.6) is 5.75 Å². The summed E-state index contributed by atoms with van der Waals surface area (Å²) in [6.07, 6.45) is 4.56. The van der Waals surface area contributed by atoms with E-state index in [0.717, 1.165) is 19.3 Å². The van der Waals surface area contributed by atoms with Crippen molar-refractivity contribution in [2.45, 2.75) is 19.3 Å². The Balaban J connectivity index is 1.48. The topological polar surface area (TPSA) is 136 Å². The predicted molar refractivity (Wildman–Crippen MR) is 120 cm³/mol. The minimum absolute atomic E-state index is 0.0435. The Bertz CT molecular complexity index is 1350. The Kier molecular flexibility index (Phi) is 4.16. The van der Waals surface area contributed by atoms with Crippen molar-refractivity contribution in [3.05, 3.63) is 36.2 Å². The summed E-state index contributed by atoms with van der Waals surface area (Å²) in [4.78, 5) is 26.7. The lowest BCUT2D eigenvalue weighted by molar-refractivity contribution is -0.117. The summed E-state index contributed by atoms with van der Waals surface area (Å²) in [5.74, 6) is -0.588. The number of carbonyl (C=O) groups is 2. The highest BCUT2D eigenvalue weighted by Crippen LogP contribution is 2.70. The fourth-order valence-electron chi connectivity index (χ4n) is 4.09. The van der Waals surface area contributed by atoms with Crippen LogP contribution in [0.25, 0.3) is 11.3 Å². The third kappa shape index (κ3) is 3.86. The van der Waals surface area contributed by atoms with Crippen LogP contribution >= 0.6 is 0 Å². The lowest BCUT2D eigenvalue weighted by Crippen LogP contribution is -2.22. The number of aromatic nitrogens is 5. The first-order valence-electron chi connectivity index (χ1n) is 11.9. The van der Waals surface area contributed by atoms with Crippen molar-refractivity contribution >= 4 is 29.0 Å². The maximum atomic E-state index is 12.7. The van der Waals surface area contributed by atoms with Crippen LogP contribution in [0.1, 0.15) is 33.9 Å². The largest absolute Gasteiger partial charge is 0.494 e. The molecule has 0 unspecified atom stereocenters. The van der Waals surface area contributed by atoms with Crippen molar-refractivity contribution in [3.8, 4) is 17.0 Å². The number of nitrogens with zero attached hydrogens (tertiary/aromatic N) is 5. The zero-order valence-corrected chi connectivity index (χ0v) is 18.0. The highest BCUT2D eigenvalue weighted by molar-refractivity contribution is 6.00. The van der Waals surface area contributed by atoms with Crippen LogP contribution in [0.4, 0.5) is 17.2 Å². The van der Waals surface area contributed by atoms with E-state index in [2.05, 4.69) is 31.0 Å². The average molecular weight is 452 g/mol. The molecule has 3 aromatic rings. The van der Waals surface area contributed by atoms with Crippen molar-refractivity contribution in [3.63, 3.8) is 0 Å². The van der Waals surface area contributed by atoms with Gasteiger partial charge in [0.2, 0.25) is 5.91 Å². The summed E-state index contributed by atoms with van der Waals surface area (Å²) in [6, 6.07) is 6.71. The molecule has 2 aromatic heterocycles. The first-order valence-corrected chi connectivity index (χ1v) is 10.4. The molecule has 11 heteroatoms. The zero-order chi connectivity index (χ0) is 25.7. The van der Waals surface area contributed by atoms with E-state index >= 15 is 0 Å². The average Bonchev–Trinajstić information content (AvgIpc) is 3.71. The van der Waals surface area contributed by atoms with Crippen molar-refractivity contribution in [2.24, 2.45) is 18.4 Å². The molecule has 1 aromatic carbocycles. The Hall–Kier alpha value is -4.02. The number of ether oxygens (including phenoxy) is 1. The molecule has 1 atom stereocenters. The van der Waals surface area contributed by atoms with Gasteiger partial charge in [-0.15, -0.1) is 10.2 Å². The summed E-state index contributed by atoms with van der Waals surface area (Å²) in [5.41, 5.74) is 1.69. The van der Waals surface area contributed by atoms with E-state index in [0.29, 0.717) is 22.7 Å². The fourth-order valence-corrected chi connectivity index (χ4v) is 4.09. The van der Waals surface area contributed by atoms with Crippen LogP contribution in [-0.2, 0) is 11.8 Å². The molecular formula is C22H24N8O3. The smallest absolute Gasteiger partial charge is 0.273 e. The molecule has 0 saturated heterocycles. The van der Waals surface area contributed by atoms with Crippen LogP contribution < -0.4 is 20.7 Å². The third-order valence-corrected chi connectivity index (χ3v) is 6.14. The van der Waals surface area contributed by atoms with Gasteiger partial charge >= 0.3 is 0 Å². The molecule has 2 heterocycles. The number of aryl methyl sites for hydroxylation is 1. The molecule has 3 N–H and O–H groups in total. The Morgan fingerprint density at radius 2 is 2.12 bits per heavy atom. The standard InChI is InChI=1S/C22H24N8O3/c1-23-21(32)18-15(9-17(27-28-18)26-20(31)13-10-22(13)7-8-22)25-14-6-4-5-12(19(14)33-3)16-11-24-30(2)29-16/h4-6,9,11,13H,7-8,10H2,1-3H3,(H,23,32)(H2,25,26,27,31)/t13-/m0/s1/i1D3. The maximum Gasteiger partial charge on any atom is 0.273 e. The minimum Gasteiger partial charge on any atom is -0.494 e. The number of methoxy groups -OCH3 is 1. The monoisotopic (exact) mass is 451 g/mol. The van der Waals surface area contributed by atoms with Crippen LogP contribution in [0.2, 0.25) is 0 Å². The fraction of sp³-hybridized carbons (Fsp3) is 0.364. The number of hydrogen-bond acceptors (Lipinski definition) is 8. The van der Waals surface area contributed by atoms with Gasteiger partial charge in [0.25, 0.3) is 5.91 Å². The predicted octanol–water partition coefficient (Wildman–Crippen LogP) is 2.12. The second-order valence-corrected chi connectivity index (χ2v) is 8.28. The van der Waals surface area contributed by atoms with Crippen LogP contribution in [0.3, 0.4) is 0 Å². The number of anilines is 3. The van der Waals surface area contributed by atoms with E-state index in [1.165, 1.54) is 18.0 Å². The van der Waals surface area contributed by atoms with Gasteiger partial charge in [0.05, 0.1) is 24.7 Å². The third-order valence-electron chi connectivity index (χ3n) is 6.14. The lowest BCUT2D eigenvalue weighted by atomic mass is 10.1. The molecular weight excluding hydrogens is 424 g/mol. The van der Waals surface area contributed by atoms with Gasteiger partial charge in [0, 0.05) is 35.7 Å². The van der Waals surface area contributed by atoms with Gasteiger partial charge in [-0.2, -0.15) is 15.0 Å². The van der Waals surface area contributed by atoms with Crippen LogP contribution in [0, 0.1) is 11.3 Å². The number of nitrogens with one attached hydrogen (secondary N) is 3. The summed E-state index contributed by atoms with van der Waals surface area (Å²) >= 11 is 0. The van der Waals surface area contributed by atoms with Crippen molar-refractivity contribution in [2.75, 3.05) is 24.7 Å². The van der Waals surface area contributed by atoms with Crippen molar-refractivity contribution in [1.82, 2.24) is 30.5 Å². The highest BCUT2D eigenvalue weighted by Gasteiger charge is 2.65. The quantitative estimate of drug-likeness (QED) is 0.497. The van der Waals surface area contributed by atoms with Crippen molar-refractivity contribution in [1.29, 1.82) is 0 Å². The summed E-state index contributed by atoms with van der Waals surface area (Å²) < 4.78 is 27.7. The Labute approximate surface area is 194 Å². The number of benzene rings is 1. The normalized spacial score (nSPS) is 19.1. The van der Waals surface area contributed by atoms with Crippen LogP contribution in [0.15, 0.2) is 30.5 Å².